The fourth-order valence-electron chi connectivity index (χ4n) is 1.75. The van der Waals surface area contributed by atoms with Crippen molar-refractivity contribution in [2.45, 2.75) is 9.24 Å². The molecule has 0 fully saturated rings. The quantitative estimate of drug-likeness (QED) is 0.716. The van der Waals surface area contributed by atoms with Crippen LogP contribution in [0.5, 0.6) is 0 Å². The van der Waals surface area contributed by atoms with Crippen molar-refractivity contribution in [3.05, 3.63) is 52.5 Å². The Bertz CT molecular complexity index is 768. The van der Waals surface area contributed by atoms with Crippen LogP contribution in [0.1, 0.15) is 10.4 Å². The Hall–Kier alpha value is -1.37. The second kappa shape index (κ2) is 5.55. The van der Waals surface area contributed by atoms with E-state index in [1.165, 1.54) is 11.8 Å². The van der Waals surface area contributed by atoms with Gasteiger partial charge >= 0.3 is 5.97 Å². The number of thiazole rings is 1. The van der Waals surface area contributed by atoms with E-state index in [0.717, 1.165) is 19.0 Å². The van der Waals surface area contributed by atoms with E-state index in [9.17, 15) is 9.90 Å². The summed E-state index contributed by atoms with van der Waals surface area (Å²) in [5, 5.41) is 9.23. The zero-order valence-corrected chi connectivity index (χ0v) is 13.3. The van der Waals surface area contributed by atoms with Gasteiger partial charge in [0, 0.05) is 9.37 Å². The minimum atomic E-state index is -0.930. The molecule has 0 saturated carbocycles. The summed E-state index contributed by atoms with van der Waals surface area (Å²) in [6.45, 7) is 0. The molecule has 0 atom stereocenters. The lowest BCUT2D eigenvalue weighted by Crippen LogP contribution is -1.98. The molecule has 100 valence electrons. The highest BCUT2D eigenvalue weighted by atomic mass is 79.9. The molecule has 0 aliphatic rings. The third kappa shape index (κ3) is 2.72. The first-order valence-electron chi connectivity index (χ1n) is 5.70. The van der Waals surface area contributed by atoms with Crippen molar-refractivity contribution in [1.29, 1.82) is 0 Å². The molecule has 1 heterocycles. The molecule has 0 amide bonds. The molecule has 0 unspecified atom stereocenters. The Morgan fingerprint density at radius 3 is 2.80 bits per heavy atom. The molecule has 6 heteroatoms. The minimum Gasteiger partial charge on any atom is -0.478 e. The van der Waals surface area contributed by atoms with Gasteiger partial charge in [0.25, 0.3) is 0 Å². The van der Waals surface area contributed by atoms with E-state index in [2.05, 4.69) is 20.9 Å². The van der Waals surface area contributed by atoms with Gasteiger partial charge < -0.3 is 5.11 Å². The van der Waals surface area contributed by atoms with Crippen LogP contribution in [-0.2, 0) is 0 Å². The Morgan fingerprint density at radius 2 is 2.05 bits per heavy atom. The van der Waals surface area contributed by atoms with Crippen molar-refractivity contribution in [3.63, 3.8) is 0 Å². The first kappa shape index (κ1) is 13.6. The average molecular weight is 366 g/mol. The van der Waals surface area contributed by atoms with Crippen molar-refractivity contribution in [2.75, 3.05) is 0 Å². The van der Waals surface area contributed by atoms with Gasteiger partial charge in [0.05, 0.1) is 15.8 Å². The van der Waals surface area contributed by atoms with Gasteiger partial charge in [0.1, 0.15) is 0 Å². The zero-order chi connectivity index (χ0) is 14.1. The number of hydrogen-bond acceptors (Lipinski definition) is 4. The maximum absolute atomic E-state index is 11.2. The largest absolute Gasteiger partial charge is 0.478 e. The molecule has 3 aromatic rings. The SMILES string of the molecule is O=C(O)c1ccc(Br)cc1Sc1nc2ccccc2s1. The highest BCUT2D eigenvalue weighted by molar-refractivity contribution is 9.10. The van der Waals surface area contributed by atoms with Crippen LogP contribution in [0.15, 0.2) is 56.2 Å². The summed E-state index contributed by atoms with van der Waals surface area (Å²) in [4.78, 5) is 16.4. The summed E-state index contributed by atoms with van der Waals surface area (Å²) in [6.07, 6.45) is 0. The molecule has 1 aromatic heterocycles. The van der Waals surface area contributed by atoms with Crippen molar-refractivity contribution in [3.8, 4) is 0 Å². The molecule has 3 rings (SSSR count). The second-order valence-electron chi connectivity index (χ2n) is 4.00. The molecule has 0 bridgehead atoms. The molecule has 2 aromatic carbocycles. The number of carboxylic acids is 1. The number of carbonyl (C=O) groups is 1. The summed E-state index contributed by atoms with van der Waals surface area (Å²) >= 11 is 6.31. The number of halogens is 1. The van der Waals surface area contributed by atoms with Crippen LogP contribution in [-0.4, -0.2) is 16.1 Å². The Morgan fingerprint density at radius 1 is 1.25 bits per heavy atom. The zero-order valence-electron chi connectivity index (χ0n) is 10.0. The minimum absolute atomic E-state index is 0.289. The lowest BCUT2D eigenvalue weighted by atomic mass is 10.2. The smallest absolute Gasteiger partial charge is 0.336 e. The number of aromatic carboxylic acids is 1. The van der Waals surface area contributed by atoms with E-state index in [4.69, 9.17) is 0 Å². The molecule has 1 N–H and O–H groups in total. The van der Waals surface area contributed by atoms with E-state index in [0.29, 0.717) is 4.90 Å². The number of fused-ring (bicyclic) bond motifs is 1. The number of rotatable bonds is 3. The van der Waals surface area contributed by atoms with Crippen LogP contribution in [0.25, 0.3) is 10.2 Å². The van der Waals surface area contributed by atoms with Gasteiger partial charge in [-0.25, -0.2) is 9.78 Å². The number of para-hydroxylation sites is 1. The molecule has 0 radical (unpaired) electrons. The lowest BCUT2D eigenvalue weighted by Gasteiger charge is -2.03. The van der Waals surface area contributed by atoms with Crippen LogP contribution >= 0.6 is 39.0 Å². The molecule has 0 aliphatic heterocycles. The van der Waals surface area contributed by atoms with Crippen molar-refractivity contribution in [1.82, 2.24) is 4.98 Å². The molecule has 0 spiro atoms. The predicted molar refractivity (Wildman–Crippen MR) is 84.8 cm³/mol. The molecular formula is C14H8BrNO2S2. The average Bonchev–Trinajstić information content (AvgIpc) is 2.80. The standard InChI is InChI=1S/C14H8BrNO2S2/c15-8-5-6-9(13(17)18)12(7-8)20-14-16-10-3-1-2-4-11(10)19-14/h1-7H,(H,17,18). The normalized spacial score (nSPS) is 10.8. The fourth-order valence-corrected chi connectivity index (χ4v) is 4.44. The van der Waals surface area contributed by atoms with Crippen LogP contribution in [0.3, 0.4) is 0 Å². The maximum Gasteiger partial charge on any atom is 0.336 e. The van der Waals surface area contributed by atoms with E-state index < -0.39 is 5.97 Å². The number of aromatic nitrogens is 1. The Kier molecular flexibility index (Phi) is 3.78. The molecular weight excluding hydrogens is 358 g/mol. The summed E-state index contributed by atoms with van der Waals surface area (Å²) in [7, 11) is 0. The Labute approximate surface area is 131 Å². The maximum atomic E-state index is 11.2. The van der Waals surface area contributed by atoms with E-state index in [1.807, 2.05) is 24.3 Å². The van der Waals surface area contributed by atoms with Gasteiger partial charge in [0.15, 0.2) is 4.34 Å². The van der Waals surface area contributed by atoms with Crippen molar-refractivity contribution < 1.29 is 9.90 Å². The fraction of sp³-hybridized carbons (Fsp3) is 0. The number of nitrogens with zero attached hydrogens (tertiary/aromatic N) is 1. The number of hydrogen-bond donors (Lipinski definition) is 1. The van der Waals surface area contributed by atoms with Crippen molar-refractivity contribution >= 4 is 55.2 Å². The lowest BCUT2D eigenvalue weighted by molar-refractivity contribution is 0.0693. The van der Waals surface area contributed by atoms with Crippen LogP contribution in [0.4, 0.5) is 0 Å². The topological polar surface area (TPSA) is 50.2 Å². The van der Waals surface area contributed by atoms with Gasteiger partial charge in [-0.3, -0.25) is 0 Å². The van der Waals surface area contributed by atoms with Crippen molar-refractivity contribution in [2.24, 2.45) is 0 Å². The highest BCUT2D eigenvalue weighted by Gasteiger charge is 2.13. The first-order chi connectivity index (χ1) is 9.63. The van der Waals surface area contributed by atoms with E-state index >= 15 is 0 Å². The van der Waals surface area contributed by atoms with E-state index in [1.54, 1.807) is 29.5 Å². The van der Waals surface area contributed by atoms with Crippen LogP contribution in [0.2, 0.25) is 0 Å². The summed E-state index contributed by atoms with van der Waals surface area (Å²) in [5.74, 6) is -0.930. The summed E-state index contributed by atoms with van der Waals surface area (Å²) in [6, 6.07) is 13.0. The molecule has 3 nitrogen and oxygen atoms in total. The number of carboxylic acid groups (broad SMARTS) is 1. The van der Waals surface area contributed by atoms with Gasteiger partial charge in [-0.15, -0.1) is 11.3 Å². The first-order valence-corrected chi connectivity index (χ1v) is 8.12. The predicted octanol–water partition coefficient (Wildman–Crippen LogP) is 4.91. The third-order valence-corrected chi connectivity index (χ3v) is 5.29. The second-order valence-corrected chi connectivity index (χ2v) is 7.23. The number of benzene rings is 2. The van der Waals surface area contributed by atoms with Gasteiger partial charge in [-0.2, -0.15) is 0 Å². The summed E-state index contributed by atoms with van der Waals surface area (Å²) in [5.41, 5.74) is 1.23. The summed E-state index contributed by atoms with van der Waals surface area (Å²) < 4.78 is 2.79. The van der Waals surface area contributed by atoms with Gasteiger partial charge in [-0.1, -0.05) is 39.8 Å². The van der Waals surface area contributed by atoms with E-state index in [-0.39, 0.29) is 5.56 Å². The third-order valence-electron chi connectivity index (χ3n) is 2.65. The van der Waals surface area contributed by atoms with Gasteiger partial charge in [0.2, 0.25) is 0 Å². The van der Waals surface area contributed by atoms with Crippen LogP contribution in [0, 0.1) is 0 Å². The Balaban J connectivity index is 2.01. The van der Waals surface area contributed by atoms with Crippen LogP contribution < -0.4 is 0 Å². The monoisotopic (exact) mass is 365 g/mol. The molecule has 0 saturated heterocycles. The highest BCUT2D eigenvalue weighted by Crippen LogP contribution is 2.37. The van der Waals surface area contributed by atoms with Gasteiger partial charge in [-0.05, 0) is 30.3 Å². The molecule has 20 heavy (non-hydrogen) atoms. The molecule has 0 aliphatic carbocycles.